The number of ether oxygens (including phenoxy) is 1. The van der Waals surface area contributed by atoms with Gasteiger partial charge in [0.15, 0.2) is 0 Å². The zero-order valence-electron chi connectivity index (χ0n) is 11.9. The molecule has 118 valence electrons. The zero-order valence-corrected chi connectivity index (χ0v) is 12.7. The van der Waals surface area contributed by atoms with Gasteiger partial charge in [-0.05, 0) is 38.1 Å². The summed E-state index contributed by atoms with van der Waals surface area (Å²) in [5, 5.41) is 18.4. The lowest BCUT2D eigenvalue weighted by atomic mass is 10.0. The van der Waals surface area contributed by atoms with E-state index < -0.39 is 34.6 Å². The van der Waals surface area contributed by atoms with Crippen molar-refractivity contribution in [2.75, 3.05) is 13.2 Å². The number of nitrogens with one attached hydrogen (secondary N) is 1. The molecule has 0 heterocycles. The van der Waals surface area contributed by atoms with E-state index in [4.69, 9.17) is 9.84 Å². The summed E-state index contributed by atoms with van der Waals surface area (Å²) in [5.74, 6) is -0.658. The first-order valence-corrected chi connectivity index (χ1v) is 7.81. The van der Waals surface area contributed by atoms with Crippen molar-refractivity contribution in [1.82, 2.24) is 4.72 Å². The molecular formula is C13H19NO6S. The van der Waals surface area contributed by atoms with Gasteiger partial charge >= 0.3 is 5.97 Å². The summed E-state index contributed by atoms with van der Waals surface area (Å²) in [6.07, 6.45) is -0.557. The lowest BCUT2D eigenvalue weighted by Crippen LogP contribution is -2.42. The van der Waals surface area contributed by atoms with Gasteiger partial charge in [-0.1, -0.05) is 0 Å². The first-order valence-electron chi connectivity index (χ1n) is 6.33. The molecule has 0 fully saturated rings. The quantitative estimate of drug-likeness (QED) is 0.647. The molecule has 1 aromatic carbocycles. The lowest BCUT2D eigenvalue weighted by molar-refractivity contribution is -0.141. The largest absolute Gasteiger partial charge is 0.494 e. The maximum absolute atomic E-state index is 12.0. The lowest BCUT2D eigenvalue weighted by Gasteiger charge is -2.21. The molecule has 0 saturated heterocycles. The molecule has 7 nitrogen and oxygen atoms in total. The fraction of sp³-hybridized carbons (Fsp3) is 0.462. The normalized spacial score (nSPS) is 14.4. The minimum Gasteiger partial charge on any atom is -0.494 e. The van der Waals surface area contributed by atoms with Crippen LogP contribution < -0.4 is 9.46 Å². The Morgan fingerprint density at radius 3 is 2.38 bits per heavy atom. The third-order valence-corrected chi connectivity index (χ3v) is 4.04. The standard InChI is InChI=1S/C13H19NO6S/c1-3-20-10-4-6-11(7-5-10)21(18,19)14-9-13(2,17)8-12(15)16/h4-7,14,17H,3,8-9H2,1-2H3,(H,15,16). The molecule has 1 aromatic rings. The molecule has 0 aromatic heterocycles. The van der Waals surface area contributed by atoms with E-state index in [0.717, 1.165) is 0 Å². The first kappa shape index (κ1) is 17.4. The van der Waals surface area contributed by atoms with Gasteiger partial charge in [-0.15, -0.1) is 0 Å². The van der Waals surface area contributed by atoms with E-state index >= 15 is 0 Å². The van der Waals surface area contributed by atoms with Crippen LogP contribution in [0, 0.1) is 0 Å². The number of benzene rings is 1. The maximum atomic E-state index is 12.0. The summed E-state index contributed by atoms with van der Waals surface area (Å²) >= 11 is 0. The van der Waals surface area contributed by atoms with Crippen molar-refractivity contribution in [1.29, 1.82) is 0 Å². The van der Waals surface area contributed by atoms with E-state index in [9.17, 15) is 18.3 Å². The highest BCUT2D eigenvalue weighted by molar-refractivity contribution is 7.89. The monoisotopic (exact) mass is 317 g/mol. The van der Waals surface area contributed by atoms with Crippen LogP contribution in [-0.4, -0.2) is 43.4 Å². The fourth-order valence-electron chi connectivity index (χ4n) is 1.60. The molecule has 1 atom stereocenters. The summed E-state index contributed by atoms with van der Waals surface area (Å²) in [5.41, 5.74) is -1.66. The number of hydrogen-bond acceptors (Lipinski definition) is 5. The highest BCUT2D eigenvalue weighted by Crippen LogP contribution is 2.16. The summed E-state index contributed by atoms with van der Waals surface area (Å²) in [6.45, 7) is 3.15. The number of rotatable bonds is 8. The van der Waals surface area contributed by atoms with E-state index in [1.807, 2.05) is 6.92 Å². The van der Waals surface area contributed by atoms with Crippen molar-refractivity contribution >= 4 is 16.0 Å². The summed E-state index contributed by atoms with van der Waals surface area (Å²) in [4.78, 5) is 10.6. The molecule has 0 aliphatic heterocycles. The molecule has 0 aliphatic carbocycles. The van der Waals surface area contributed by atoms with Gasteiger partial charge in [0, 0.05) is 6.54 Å². The van der Waals surface area contributed by atoms with Gasteiger partial charge in [-0.3, -0.25) is 4.79 Å². The zero-order chi connectivity index (χ0) is 16.1. The van der Waals surface area contributed by atoms with E-state index in [0.29, 0.717) is 12.4 Å². The second kappa shape index (κ2) is 6.88. The van der Waals surface area contributed by atoms with Gasteiger partial charge in [0.25, 0.3) is 0 Å². The van der Waals surface area contributed by atoms with Crippen molar-refractivity contribution in [3.05, 3.63) is 24.3 Å². The van der Waals surface area contributed by atoms with Gasteiger partial charge in [0.1, 0.15) is 5.75 Å². The Morgan fingerprint density at radius 1 is 1.33 bits per heavy atom. The molecule has 0 bridgehead atoms. The van der Waals surface area contributed by atoms with Gasteiger partial charge in [0.2, 0.25) is 10.0 Å². The Morgan fingerprint density at radius 2 is 1.90 bits per heavy atom. The number of aliphatic hydroxyl groups is 1. The average Bonchev–Trinajstić information content (AvgIpc) is 2.36. The Kier molecular flexibility index (Phi) is 5.70. The molecule has 0 radical (unpaired) electrons. The summed E-state index contributed by atoms with van der Waals surface area (Å²) in [7, 11) is -3.82. The Balaban J connectivity index is 2.75. The van der Waals surface area contributed by atoms with Crippen LogP contribution in [0.1, 0.15) is 20.3 Å². The van der Waals surface area contributed by atoms with Gasteiger partial charge in [0.05, 0.1) is 23.5 Å². The number of sulfonamides is 1. The second-order valence-electron chi connectivity index (χ2n) is 4.80. The average molecular weight is 317 g/mol. The van der Waals surface area contributed by atoms with Crippen LogP contribution in [0.3, 0.4) is 0 Å². The molecule has 1 unspecified atom stereocenters. The molecule has 0 amide bonds. The van der Waals surface area contributed by atoms with Crippen LogP contribution in [0.4, 0.5) is 0 Å². The third kappa shape index (κ3) is 5.70. The number of hydrogen-bond donors (Lipinski definition) is 3. The minimum absolute atomic E-state index is 0.0112. The molecule has 1 rings (SSSR count). The summed E-state index contributed by atoms with van der Waals surface area (Å²) in [6, 6.07) is 5.79. The third-order valence-electron chi connectivity index (χ3n) is 2.62. The molecule has 3 N–H and O–H groups in total. The van der Waals surface area contributed by atoms with Crippen LogP contribution in [0.25, 0.3) is 0 Å². The topological polar surface area (TPSA) is 113 Å². The van der Waals surface area contributed by atoms with Crippen LogP contribution in [-0.2, 0) is 14.8 Å². The predicted molar refractivity (Wildman–Crippen MR) is 75.7 cm³/mol. The molecule has 21 heavy (non-hydrogen) atoms. The van der Waals surface area contributed by atoms with Crippen LogP contribution in [0.2, 0.25) is 0 Å². The summed E-state index contributed by atoms with van der Waals surface area (Å²) < 4.78 is 31.4. The van der Waals surface area contributed by atoms with E-state index in [2.05, 4.69) is 4.72 Å². The van der Waals surface area contributed by atoms with Gasteiger partial charge < -0.3 is 14.9 Å². The minimum atomic E-state index is -3.82. The van der Waals surface area contributed by atoms with Gasteiger partial charge in [-0.2, -0.15) is 0 Å². The number of carbonyl (C=O) groups is 1. The van der Waals surface area contributed by atoms with Crippen LogP contribution in [0.15, 0.2) is 29.2 Å². The van der Waals surface area contributed by atoms with Gasteiger partial charge in [-0.25, -0.2) is 13.1 Å². The fourth-order valence-corrected chi connectivity index (χ4v) is 2.77. The van der Waals surface area contributed by atoms with Crippen molar-refractivity contribution in [3.63, 3.8) is 0 Å². The van der Waals surface area contributed by atoms with E-state index in [-0.39, 0.29) is 4.90 Å². The molecule has 0 aliphatic rings. The predicted octanol–water partition coefficient (Wildman–Crippen LogP) is 0.589. The highest BCUT2D eigenvalue weighted by atomic mass is 32.2. The van der Waals surface area contributed by atoms with Crippen LogP contribution >= 0.6 is 0 Å². The first-order chi connectivity index (χ1) is 9.66. The maximum Gasteiger partial charge on any atom is 0.306 e. The molecule has 0 spiro atoms. The Labute approximate surface area is 123 Å². The Hall–Kier alpha value is -1.64. The number of aliphatic carboxylic acids is 1. The SMILES string of the molecule is CCOc1ccc(S(=O)(=O)NCC(C)(O)CC(=O)O)cc1. The smallest absolute Gasteiger partial charge is 0.306 e. The van der Waals surface area contributed by atoms with Crippen molar-refractivity contribution in [2.24, 2.45) is 0 Å². The van der Waals surface area contributed by atoms with Crippen molar-refractivity contribution in [2.45, 2.75) is 30.8 Å². The second-order valence-corrected chi connectivity index (χ2v) is 6.56. The molecule has 8 heteroatoms. The van der Waals surface area contributed by atoms with Crippen LogP contribution in [0.5, 0.6) is 5.75 Å². The van der Waals surface area contributed by atoms with Crippen molar-refractivity contribution < 1.29 is 28.2 Å². The Bertz CT molecular complexity index is 579. The van der Waals surface area contributed by atoms with E-state index in [1.54, 1.807) is 0 Å². The van der Waals surface area contributed by atoms with E-state index in [1.165, 1.54) is 31.2 Å². The van der Waals surface area contributed by atoms with Crippen molar-refractivity contribution in [3.8, 4) is 5.75 Å². The number of carboxylic acids is 1. The molecular weight excluding hydrogens is 298 g/mol. The molecule has 0 saturated carbocycles. The highest BCUT2D eigenvalue weighted by Gasteiger charge is 2.27. The number of carboxylic acid groups (broad SMARTS) is 1.